The number of aryl methyl sites for hydroxylation is 1. The van der Waals surface area contributed by atoms with Crippen molar-refractivity contribution in [2.75, 3.05) is 32.5 Å². The second kappa shape index (κ2) is 8.78. The number of esters is 2. The van der Waals surface area contributed by atoms with Gasteiger partial charge in [-0.05, 0) is 19.1 Å². The minimum atomic E-state index is -0.661. The molecule has 0 bridgehead atoms. The minimum absolute atomic E-state index is 0.0501. The molecule has 0 aliphatic carbocycles. The maximum atomic E-state index is 12.5. The number of anilines is 1. The Labute approximate surface area is 168 Å². The van der Waals surface area contributed by atoms with Crippen LogP contribution in [0.4, 0.5) is 5.69 Å². The lowest BCUT2D eigenvalue weighted by Gasteiger charge is -2.32. The monoisotopic (exact) mass is 401 g/mol. The summed E-state index contributed by atoms with van der Waals surface area (Å²) in [5.74, 6) is -0.794. The molecule has 0 radical (unpaired) electrons. The fourth-order valence-electron chi connectivity index (χ4n) is 2.98. The molecule has 0 fully saturated rings. The fraction of sp³-hybridized carbons (Fsp3) is 0.350. The van der Waals surface area contributed by atoms with E-state index in [4.69, 9.17) is 18.9 Å². The molecule has 1 aromatic heterocycles. The smallest absolute Gasteiger partial charge is 0.355 e. The van der Waals surface area contributed by atoms with Crippen LogP contribution in [0.15, 0.2) is 41.7 Å². The highest BCUT2D eigenvalue weighted by Gasteiger charge is 2.33. The number of para-hydroxylation sites is 2. The molecule has 154 valence electrons. The SMILES string of the molecule is COC(=O)C1=C(C(=O)OC)N(c2ccccc2OCc2cnn(C)c2C)COC1. The Morgan fingerprint density at radius 3 is 2.55 bits per heavy atom. The Balaban J connectivity index is 1.97. The second-order valence-corrected chi connectivity index (χ2v) is 6.35. The van der Waals surface area contributed by atoms with Crippen LogP contribution in [0, 0.1) is 6.92 Å². The number of ether oxygens (including phenoxy) is 4. The third-order valence-electron chi connectivity index (χ3n) is 4.71. The van der Waals surface area contributed by atoms with Gasteiger partial charge in [-0.15, -0.1) is 0 Å². The Hall–Kier alpha value is -3.33. The number of hydrogen-bond donors (Lipinski definition) is 0. The van der Waals surface area contributed by atoms with E-state index >= 15 is 0 Å². The van der Waals surface area contributed by atoms with Crippen molar-refractivity contribution >= 4 is 17.6 Å². The first-order chi connectivity index (χ1) is 14.0. The van der Waals surface area contributed by atoms with Gasteiger partial charge in [0.2, 0.25) is 0 Å². The summed E-state index contributed by atoms with van der Waals surface area (Å²) >= 11 is 0. The molecular formula is C20H23N3O6. The summed E-state index contributed by atoms with van der Waals surface area (Å²) in [5, 5.41) is 4.21. The number of methoxy groups -OCH3 is 2. The Bertz CT molecular complexity index is 949. The number of carbonyl (C=O) groups excluding carboxylic acids is 2. The molecule has 2 heterocycles. The molecule has 9 nitrogen and oxygen atoms in total. The van der Waals surface area contributed by atoms with Crippen molar-refractivity contribution in [1.82, 2.24) is 9.78 Å². The molecule has 0 saturated heterocycles. The molecule has 0 unspecified atom stereocenters. The number of benzene rings is 1. The van der Waals surface area contributed by atoms with Gasteiger partial charge in [-0.2, -0.15) is 5.10 Å². The summed E-state index contributed by atoms with van der Waals surface area (Å²) in [7, 11) is 4.36. The van der Waals surface area contributed by atoms with Gasteiger partial charge in [-0.25, -0.2) is 9.59 Å². The zero-order chi connectivity index (χ0) is 21.0. The minimum Gasteiger partial charge on any atom is -0.487 e. The van der Waals surface area contributed by atoms with Gasteiger partial charge in [0.05, 0.1) is 38.3 Å². The average molecular weight is 401 g/mol. The molecule has 0 spiro atoms. The van der Waals surface area contributed by atoms with E-state index in [0.29, 0.717) is 18.0 Å². The molecule has 1 aliphatic heterocycles. The van der Waals surface area contributed by atoms with Crippen molar-refractivity contribution in [1.29, 1.82) is 0 Å². The lowest BCUT2D eigenvalue weighted by molar-refractivity contribution is -0.140. The number of carbonyl (C=O) groups is 2. The average Bonchev–Trinajstić information content (AvgIpc) is 3.08. The van der Waals surface area contributed by atoms with Crippen molar-refractivity contribution in [2.24, 2.45) is 7.05 Å². The van der Waals surface area contributed by atoms with E-state index < -0.39 is 11.9 Å². The molecule has 1 aromatic carbocycles. The topological polar surface area (TPSA) is 92.1 Å². The van der Waals surface area contributed by atoms with Gasteiger partial charge in [0.15, 0.2) is 0 Å². The number of rotatable bonds is 6. The van der Waals surface area contributed by atoms with E-state index in [2.05, 4.69) is 5.10 Å². The van der Waals surface area contributed by atoms with E-state index in [9.17, 15) is 9.59 Å². The summed E-state index contributed by atoms with van der Waals surface area (Å²) in [4.78, 5) is 26.2. The Morgan fingerprint density at radius 2 is 1.90 bits per heavy atom. The predicted octanol–water partition coefficient (Wildman–Crippen LogP) is 1.70. The maximum Gasteiger partial charge on any atom is 0.355 e. The van der Waals surface area contributed by atoms with E-state index in [-0.39, 0.29) is 24.6 Å². The summed E-state index contributed by atoms with van der Waals surface area (Å²) in [6.07, 6.45) is 1.75. The molecule has 9 heteroatoms. The van der Waals surface area contributed by atoms with E-state index in [0.717, 1.165) is 11.3 Å². The summed E-state index contributed by atoms with van der Waals surface area (Å²) in [6.45, 7) is 2.26. The van der Waals surface area contributed by atoms with Gasteiger partial charge in [0.25, 0.3) is 0 Å². The third-order valence-corrected chi connectivity index (χ3v) is 4.71. The van der Waals surface area contributed by atoms with Crippen molar-refractivity contribution in [3.63, 3.8) is 0 Å². The summed E-state index contributed by atoms with van der Waals surface area (Å²) < 4.78 is 23.0. The first kappa shape index (κ1) is 20.4. The fourth-order valence-corrected chi connectivity index (χ4v) is 2.98. The quantitative estimate of drug-likeness (QED) is 0.676. The van der Waals surface area contributed by atoms with Crippen LogP contribution in [-0.4, -0.2) is 49.3 Å². The van der Waals surface area contributed by atoms with Crippen LogP contribution >= 0.6 is 0 Å². The molecule has 29 heavy (non-hydrogen) atoms. The normalized spacial score (nSPS) is 14.0. The lowest BCUT2D eigenvalue weighted by Crippen LogP contribution is -2.39. The van der Waals surface area contributed by atoms with Crippen LogP contribution in [0.1, 0.15) is 11.3 Å². The van der Waals surface area contributed by atoms with Crippen LogP contribution in [0.2, 0.25) is 0 Å². The summed E-state index contributed by atoms with van der Waals surface area (Å²) in [5.41, 5.74) is 2.65. The molecule has 0 saturated carbocycles. The van der Waals surface area contributed by atoms with Crippen LogP contribution in [0.25, 0.3) is 0 Å². The van der Waals surface area contributed by atoms with Gasteiger partial charge in [0.1, 0.15) is 24.8 Å². The van der Waals surface area contributed by atoms with Crippen LogP contribution < -0.4 is 9.64 Å². The zero-order valence-electron chi connectivity index (χ0n) is 16.8. The molecular weight excluding hydrogens is 378 g/mol. The molecule has 1 aliphatic rings. The Morgan fingerprint density at radius 1 is 1.17 bits per heavy atom. The first-order valence-electron chi connectivity index (χ1n) is 8.92. The van der Waals surface area contributed by atoms with Crippen molar-refractivity contribution in [3.8, 4) is 5.75 Å². The number of nitrogens with zero attached hydrogens (tertiary/aromatic N) is 3. The predicted molar refractivity (Wildman–Crippen MR) is 103 cm³/mol. The van der Waals surface area contributed by atoms with E-state index in [1.54, 1.807) is 34.0 Å². The van der Waals surface area contributed by atoms with Crippen molar-refractivity contribution in [2.45, 2.75) is 13.5 Å². The van der Waals surface area contributed by atoms with Crippen LogP contribution in [0.5, 0.6) is 5.75 Å². The van der Waals surface area contributed by atoms with Gasteiger partial charge in [-0.1, -0.05) is 12.1 Å². The highest BCUT2D eigenvalue weighted by atomic mass is 16.5. The highest BCUT2D eigenvalue weighted by molar-refractivity contribution is 6.03. The lowest BCUT2D eigenvalue weighted by atomic mass is 10.1. The highest BCUT2D eigenvalue weighted by Crippen LogP contribution is 2.34. The standard InChI is InChI=1S/C20H23N3O6/c1-13-14(9-21-22(13)2)10-29-17-8-6-5-7-16(17)23-12-28-11-15(19(24)26-3)18(23)20(25)27-4/h5-9H,10-12H2,1-4H3. The van der Waals surface area contributed by atoms with Crippen molar-refractivity contribution < 1.29 is 28.5 Å². The van der Waals surface area contributed by atoms with Gasteiger partial charge < -0.3 is 23.8 Å². The van der Waals surface area contributed by atoms with E-state index in [1.165, 1.54) is 14.2 Å². The maximum absolute atomic E-state index is 12.5. The molecule has 0 atom stereocenters. The number of hydrogen-bond acceptors (Lipinski definition) is 8. The third kappa shape index (κ3) is 4.09. The molecule has 3 rings (SSSR count). The Kier molecular flexibility index (Phi) is 6.18. The summed E-state index contributed by atoms with van der Waals surface area (Å²) in [6, 6.07) is 7.18. The zero-order valence-corrected chi connectivity index (χ0v) is 16.8. The van der Waals surface area contributed by atoms with Crippen LogP contribution in [0.3, 0.4) is 0 Å². The van der Waals surface area contributed by atoms with Gasteiger partial charge in [-0.3, -0.25) is 4.68 Å². The van der Waals surface area contributed by atoms with E-state index in [1.807, 2.05) is 20.0 Å². The van der Waals surface area contributed by atoms with Gasteiger partial charge >= 0.3 is 11.9 Å². The largest absolute Gasteiger partial charge is 0.487 e. The first-order valence-corrected chi connectivity index (χ1v) is 8.92. The molecule has 0 amide bonds. The van der Waals surface area contributed by atoms with Crippen molar-refractivity contribution in [3.05, 3.63) is 53.0 Å². The van der Waals surface area contributed by atoms with Crippen LogP contribution in [-0.2, 0) is 37.5 Å². The second-order valence-electron chi connectivity index (χ2n) is 6.35. The number of aromatic nitrogens is 2. The molecule has 2 aromatic rings. The molecule has 0 N–H and O–H groups in total. The van der Waals surface area contributed by atoms with Gasteiger partial charge in [0, 0.05) is 18.3 Å².